The van der Waals surface area contributed by atoms with Gasteiger partial charge in [-0.3, -0.25) is 4.79 Å². The third kappa shape index (κ3) is 3.25. The van der Waals surface area contributed by atoms with Crippen molar-refractivity contribution in [2.75, 3.05) is 5.75 Å². The molecule has 17 heavy (non-hydrogen) atoms. The Balaban J connectivity index is 2.19. The van der Waals surface area contributed by atoms with Gasteiger partial charge in [-0.15, -0.1) is 11.8 Å². The van der Waals surface area contributed by atoms with Gasteiger partial charge >= 0.3 is 0 Å². The summed E-state index contributed by atoms with van der Waals surface area (Å²) in [6, 6.07) is 6.05. The van der Waals surface area contributed by atoms with Crippen LogP contribution >= 0.6 is 11.8 Å². The van der Waals surface area contributed by atoms with E-state index < -0.39 is 0 Å². The third-order valence-corrected chi connectivity index (χ3v) is 3.86. The van der Waals surface area contributed by atoms with E-state index in [9.17, 15) is 4.79 Å². The summed E-state index contributed by atoms with van der Waals surface area (Å²) in [6.07, 6.45) is 2.31. The highest BCUT2D eigenvalue weighted by molar-refractivity contribution is 7.99. The first-order valence-electron chi connectivity index (χ1n) is 6.04. The van der Waals surface area contributed by atoms with E-state index in [1.807, 2.05) is 44.7 Å². The maximum absolute atomic E-state index is 12.0. The first-order valence-corrected chi connectivity index (χ1v) is 7.02. The van der Waals surface area contributed by atoms with Crippen molar-refractivity contribution in [3.8, 4) is 0 Å². The molecule has 3 heteroatoms. The van der Waals surface area contributed by atoms with Gasteiger partial charge in [0.2, 0.25) is 0 Å². The predicted octanol–water partition coefficient (Wildman–Crippen LogP) is 3.25. The van der Waals surface area contributed by atoms with E-state index in [4.69, 9.17) is 0 Å². The summed E-state index contributed by atoms with van der Waals surface area (Å²) in [5.41, 5.74) is 1.92. The molecule has 0 aromatic heterocycles. The zero-order valence-electron chi connectivity index (χ0n) is 10.7. The molecule has 1 N–H and O–H groups in total. The number of hydrogen-bond donors (Lipinski definition) is 1. The van der Waals surface area contributed by atoms with Crippen LogP contribution in [0.5, 0.6) is 0 Å². The second-order valence-electron chi connectivity index (χ2n) is 5.48. The molecule has 0 bridgehead atoms. The molecule has 1 aromatic rings. The van der Waals surface area contributed by atoms with E-state index in [2.05, 4.69) is 11.4 Å². The van der Waals surface area contributed by atoms with E-state index in [1.165, 1.54) is 22.6 Å². The van der Waals surface area contributed by atoms with Crippen LogP contribution in [-0.4, -0.2) is 17.2 Å². The van der Waals surface area contributed by atoms with Gasteiger partial charge in [0, 0.05) is 16.0 Å². The molecule has 1 amide bonds. The summed E-state index contributed by atoms with van der Waals surface area (Å²) in [5, 5.41) is 3.00. The van der Waals surface area contributed by atoms with Crippen molar-refractivity contribution in [1.82, 2.24) is 5.32 Å². The summed E-state index contributed by atoms with van der Waals surface area (Å²) in [6.45, 7) is 6.00. The zero-order valence-corrected chi connectivity index (χ0v) is 11.5. The SMILES string of the molecule is CC(C)(C)NC(=O)c1ccc2c(c1)CCCS2. The number of carbonyl (C=O) groups excluding carboxylic acids is 1. The first-order chi connectivity index (χ1) is 7.96. The molecular weight excluding hydrogens is 230 g/mol. The van der Waals surface area contributed by atoms with Crippen LogP contribution in [0, 0.1) is 0 Å². The number of amides is 1. The standard InChI is InChI=1S/C14H19NOS/c1-14(2,3)15-13(16)11-6-7-12-10(9-11)5-4-8-17-12/h6-7,9H,4-5,8H2,1-3H3,(H,15,16). The van der Waals surface area contributed by atoms with Crippen molar-refractivity contribution in [3.63, 3.8) is 0 Å². The third-order valence-electron chi connectivity index (χ3n) is 2.66. The molecule has 0 atom stereocenters. The summed E-state index contributed by atoms with van der Waals surface area (Å²) < 4.78 is 0. The normalized spacial score (nSPS) is 15.2. The minimum Gasteiger partial charge on any atom is -0.347 e. The molecule has 92 valence electrons. The monoisotopic (exact) mass is 249 g/mol. The zero-order chi connectivity index (χ0) is 12.5. The maximum atomic E-state index is 12.0. The Kier molecular flexibility index (Phi) is 3.48. The Bertz CT molecular complexity index is 434. The van der Waals surface area contributed by atoms with Crippen molar-refractivity contribution >= 4 is 17.7 Å². The fourth-order valence-corrected chi connectivity index (χ4v) is 2.93. The molecule has 0 radical (unpaired) electrons. The van der Waals surface area contributed by atoms with Crippen molar-refractivity contribution in [2.45, 2.75) is 44.0 Å². The highest BCUT2D eigenvalue weighted by Gasteiger charge is 2.17. The van der Waals surface area contributed by atoms with Crippen molar-refractivity contribution in [3.05, 3.63) is 29.3 Å². The van der Waals surface area contributed by atoms with Crippen LogP contribution in [0.1, 0.15) is 43.1 Å². The van der Waals surface area contributed by atoms with Crippen LogP contribution < -0.4 is 5.32 Å². The minimum atomic E-state index is -0.179. The molecule has 0 saturated heterocycles. The van der Waals surface area contributed by atoms with Gasteiger partial charge in [-0.2, -0.15) is 0 Å². The van der Waals surface area contributed by atoms with Crippen LogP contribution in [0.2, 0.25) is 0 Å². The number of rotatable bonds is 1. The first kappa shape index (κ1) is 12.5. The highest BCUT2D eigenvalue weighted by atomic mass is 32.2. The van der Waals surface area contributed by atoms with E-state index in [1.54, 1.807) is 0 Å². The Labute approximate surface area is 107 Å². The lowest BCUT2D eigenvalue weighted by atomic mass is 10.0. The van der Waals surface area contributed by atoms with E-state index >= 15 is 0 Å². The van der Waals surface area contributed by atoms with Gasteiger partial charge in [0.1, 0.15) is 0 Å². The molecule has 2 rings (SSSR count). The number of hydrogen-bond acceptors (Lipinski definition) is 2. The average molecular weight is 249 g/mol. The molecule has 0 spiro atoms. The van der Waals surface area contributed by atoms with Crippen LogP contribution in [0.4, 0.5) is 0 Å². The molecule has 0 saturated carbocycles. The molecule has 1 aliphatic heterocycles. The molecule has 0 fully saturated rings. The fourth-order valence-electron chi connectivity index (χ4n) is 1.91. The fraction of sp³-hybridized carbons (Fsp3) is 0.500. The summed E-state index contributed by atoms with van der Waals surface area (Å²) in [5.74, 6) is 1.22. The summed E-state index contributed by atoms with van der Waals surface area (Å²) in [7, 11) is 0. The lowest BCUT2D eigenvalue weighted by Crippen LogP contribution is -2.40. The molecule has 2 nitrogen and oxygen atoms in total. The van der Waals surface area contributed by atoms with Gasteiger partial charge in [0.05, 0.1) is 0 Å². The molecule has 1 heterocycles. The maximum Gasteiger partial charge on any atom is 0.251 e. The van der Waals surface area contributed by atoms with Crippen LogP contribution in [-0.2, 0) is 6.42 Å². The van der Waals surface area contributed by atoms with Crippen molar-refractivity contribution < 1.29 is 4.79 Å². The number of thioether (sulfide) groups is 1. The van der Waals surface area contributed by atoms with Gasteiger partial charge in [0.25, 0.3) is 5.91 Å². The molecule has 0 aliphatic carbocycles. The van der Waals surface area contributed by atoms with E-state index in [0.717, 1.165) is 12.0 Å². The van der Waals surface area contributed by atoms with Crippen molar-refractivity contribution in [1.29, 1.82) is 0 Å². The lowest BCUT2D eigenvalue weighted by Gasteiger charge is -2.21. The van der Waals surface area contributed by atoms with Gasteiger partial charge in [0.15, 0.2) is 0 Å². The van der Waals surface area contributed by atoms with Gasteiger partial charge in [-0.1, -0.05) is 0 Å². The molecule has 0 unspecified atom stereocenters. The second kappa shape index (κ2) is 4.73. The number of nitrogens with one attached hydrogen (secondary N) is 1. The van der Waals surface area contributed by atoms with Crippen LogP contribution in [0.25, 0.3) is 0 Å². The predicted molar refractivity (Wildman–Crippen MR) is 72.7 cm³/mol. The van der Waals surface area contributed by atoms with Crippen LogP contribution in [0.3, 0.4) is 0 Å². The lowest BCUT2D eigenvalue weighted by molar-refractivity contribution is 0.0919. The topological polar surface area (TPSA) is 29.1 Å². The quantitative estimate of drug-likeness (QED) is 0.827. The largest absolute Gasteiger partial charge is 0.347 e. The number of carbonyl (C=O) groups is 1. The Morgan fingerprint density at radius 3 is 2.82 bits per heavy atom. The van der Waals surface area contributed by atoms with Gasteiger partial charge in [-0.25, -0.2) is 0 Å². The van der Waals surface area contributed by atoms with Gasteiger partial charge < -0.3 is 5.32 Å². The minimum absolute atomic E-state index is 0.0240. The molecule has 1 aliphatic rings. The van der Waals surface area contributed by atoms with E-state index in [-0.39, 0.29) is 11.4 Å². The van der Waals surface area contributed by atoms with E-state index in [0.29, 0.717) is 0 Å². The Hall–Kier alpha value is -0.960. The summed E-state index contributed by atoms with van der Waals surface area (Å²) >= 11 is 1.89. The number of aryl methyl sites for hydroxylation is 1. The van der Waals surface area contributed by atoms with Crippen LogP contribution in [0.15, 0.2) is 23.1 Å². The smallest absolute Gasteiger partial charge is 0.251 e. The van der Waals surface area contributed by atoms with Crippen molar-refractivity contribution in [2.24, 2.45) is 0 Å². The number of fused-ring (bicyclic) bond motifs is 1. The highest BCUT2D eigenvalue weighted by Crippen LogP contribution is 2.30. The average Bonchev–Trinajstić information content (AvgIpc) is 2.26. The summed E-state index contributed by atoms with van der Waals surface area (Å²) in [4.78, 5) is 13.4. The Morgan fingerprint density at radius 2 is 2.12 bits per heavy atom. The molecular formula is C14H19NOS. The molecule has 1 aromatic carbocycles. The Morgan fingerprint density at radius 1 is 1.35 bits per heavy atom. The second-order valence-corrected chi connectivity index (χ2v) is 6.62. The number of benzene rings is 1. The van der Waals surface area contributed by atoms with Gasteiger partial charge in [-0.05, 0) is 63.1 Å².